The van der Waals surface area contributed by atoms with Crippen molar-refractivity contribution in [2.45, 2.75) is 51.8 Å². The average Bonchev–Trinajstić information content (AvgIpc) is 3.12. The Hall–Kier alpha value is -1.35. The van der Waals surface area contributed by atoms with Crippen LogP contribution < -0.4 is 10.1 Å². The predicted molar refractivity (Wildman–Crippen MR) is 72.2 cm³/mol. The number of Topliss-reactive ketones (excluding diaryl/α,β-unsaturated/α-hetero) is 1. The maximum absolute atomic E-state index is 12.1. The summed E-state index contributed by atoms with van der Waals surface area (Å²) in [5.41, 5.74) is 0.742. The summed E-state index contributed by atoms with van der Waals surface area (Å²) in [5, 5.41) is 3.32. The van der Waals surface area contributed by atoms with E-state index in [1.165, 1.54) is 12.8 Å². The fourth-order valence-electron chi connectivity index (χ4n) is 1.90. The van der Waals surface area contributed by atoms with E-state index in [0.717, 1.165) is 11.3 Å². The summed E-state index contributed by atoms with van der Waals surface area (Å²) in [6.45, 7) is 5.90. The van der Waals surface area contributed by atoms with Crippen molar-refractivity contribution in [1.82, 2.24) is 5.32 Å². The highest BCUT2D eigenvalue weighted by Gasteiger charge is 2.26. The molecule has 1 fully saturated rings. The summed E-state index contributed by atoms with van der Waals surface area (Å²) in [4.78, 5) is 12.1. The highest BCUT2D eigenvalue weighted by atomic mass is 16.5. The molecule has 0 heterocycles. The van der Waals surface area contributed by atoms with Gasteiger partial charge in [0.15, 0.2) is 5.78 Å². The Labute approximate surface area is 109 Å². The number of carbonyl (C=O) groups is 1. The third-order valence-corrected chi connectivity index (χ3v) is 2.97. The molecule has 0 radical (unpaired) electrons. The lowest BCUT2D eigenvalue weighted by Crippen LogP contribution is -2.35. The van der Waals surface area contributed by atoms with Crippen molar-refractivity contribution in [1.29, 1.82) is 0 Å². The van der Waals surface area contributed by atoms with E-state index in [1.54, 1.807) is 0 Å². The Morgan fingerprint density at radius 1 is 1.22 bits per heavy atom. The zero-order chi connectivity index (χ0) is 13.1. The van der Waals surface area contributed by atoms with Crippen molar-refractivity contribution in [3.63, 3.8) is 0 Å². The van der Waals surface area contributed by atoms with Crippen LogP contribution in [0, 0.1) is 0 Å². The summed E-state index contributed by atoms with van der Waals surface area (Å²) < 4.78 is 5.56. The second-order valence-corrected chi connectivity index (χ2v) is 5.22. The van der Waals surface area contributed by atoms with Gasteiger partial charge in [-0.3, -0.25) is 4.79 Å². The number of carbonyl (C=O) groups excluding carboxylic acids is 1. The first-order valence-electron chi connectivity index (χ1n) is 6.63. The van der Waals surface area contributed by atoms with E-state index in [2.05, 4.69) is 5.32 Å². The molecule has 1 atom stereocenters. The lowest BCUT2D eigenvalue weighted by molar-refractivity contribution is 0.0950. The summed E-state index contributed by atoms with van der Waals surface area (Å²) in [5.74, 6) is 0.961. The Balaban J connectivity index is 1.96. The number of nitrogens with one attached hydrogen (secondary N) is 1. The third kappa shape index (κ3) is 3.57. The van der Waals surface area contributed by atoms with Crippen molar-refractivity contribution in [2.75, 3.05) is 0 Å². The molecule has 1 aromatic carbocycles. The summed E-state index contributed by atoms with van der Waals surface area (Å²) in [6, 6.07) is 7.84. The van der Waals surface area contributed by atoms with Crippen LogP contribution in [-0.4, -0.2) is 24.0 Å². The Kier molecular flexibility index (Phi) is 4.02. The normalized spacial score (nSPS) is 16.7. The van der Waals surface area contributed by atoms with Gasteiger partial charge < -0.3 is 10.1 Å². The van der Waals surface area contributed by atoms with E-state index >= 15 is 0 Å². The van der Waals surface area contributed by atoms with Crippen molar-refractivity contribution in [3.05, 3.63) is 29.8 Å². The van der Waals surface area contributed by atoms with Gasteiger partial charge in [0.1, 0.15) is 5.75 Å². The van der Waals surface area contributed by atoms with Crippen LogP contribution in [0.15, 0.2) is 24.3 Å². The number of benzene rings is 1. The van der Waals surface area contributed by atoms with Gasteiger partial charge >= 0.3 is 0 Å². The van der Waals surface area contributed by atoms with E-state index in [-0.39, 0.29) is 17.9 Å². The first-order chi connectivity index (χ1) is 8.56. The second kappa shape index (κ2) is 5.53. The van der Waals surface area contributed by atoms with Crippen LogP contribution in [0.3, 0.4) is 0 Å². The third-order valence-electron chi connectivity index (χ3n) is 2.97. The molecule has 1 aromatic rings. The van der Waals surface area contributed by atoms with E-state index in [4.69, 9.17) is 4.74 Å². The Bertz CT molecular complexity index is 407. The lowest BCUT2D eigenvalue weighted by Gasteiger charge is -2.13. The standard InChI is InChI=1S/C15H21NO2/c1-10(2)18-14-8-4-12(5-9-14)15(17)11(3)16-13-6-7-13/h4-5,8-11,13,16H,6-7H2,1-3H3. The van der Waals surface area contributed by atoms with Gasteiger partial charge in [0, 0.05) is 11.6 Å². The van der Waals surface area contributed by atoms with Crippen molar-refractivity contribution in [3.8, 4) is 5.75 Å². The molecule has 0 bridgehead atoms. The SMILES string of the molecule is CC(C)Oc1ccc(C(=O)C(C)NC2CC2)cc1. The quantitative estimate of drug-likeness (QED) is 0.786. The molecular weight excluding hydrogens is 226 g/mol. The Morgan fingerprint density at radius 3 is 2.33 bits per heavy atom. The van der Waals surface area contributed by atoms with E-state index in [1.807, 2.05) is 45.0 Å². The molecular formula is C15H21NO2. The number of rotatable bonds is 6. The maximum atomic E-state index is 12.1. The molecule has 18 heavy (non-hydrogen) atoms. The smallest absolute Gasteiger partial charge is 0.179 e. The molecule has 1 aliphatic carbocycles. The minimum Gasteiger partial charge on any atom is -0.491 e. The highest BCUT2D eigenvalue weighted by Crippen LogP contribution is 2.20. The molecule has 3 nitrogen and oxygen atoms in total. The van der Waals surface area contributed by atoms with Gasteiger partial charge in [-0.15, -0.1) is 0 Å². The fourth-order valence-corrected chi connectivity index (χ4v) is 1.90. The van der Waals surface area contributed by atoms with Crippen LogP contribution in [0.2, 0.25) is 0 Å². The maximum Gasteiger partial charge on any atom is 0.179 e. The van der Waals surface area contributed by atoms with Gasteiger partial charge in [-0.2, -0.15) is 0 Å². The monoisotopic (exact) mass is 247 g/mol. The fraction of sp³-hybridized carbons (Fsp3) is 0.533. The van der Waals surface area contributed by atoms with Crippen LogP contribution in [-0.2, 0) is 0 Å². The average molecular weight is 247 g/mol. The van der Waals surface area contributed by atoms with Crippen molar-refractivity contribution < 1.29 is 9.53 Å². The number of ether oxygens (including phenoxy) is 1. The zero-order valence-corrected chi connectivity index (χ0v) is 11.3. The van der Waals surface area contributed by atoms with E-state index in [9.17, 15) is 4.79 Å². The molecule has 0 spiro atoms. The highest BCUT2D eigenvalue weighted by molar-refractivity contribution is 5.99. The molecule has 1 N–H and O–H groups in total. The Morgan fingerprint density at radius 2 is 1.83 bits per heavy atom. The first kappa shape index (κ1) is 13.1. The molecule has 2 rings (SSSR count). The van der Waals surface area contributed by atoms with Gasteiger partial charge in [0.25, 0.3) is 0 Å². The molecule has 1 saturated carbocycles. The number of ketones is 1. The number of hydrogen-bond donors (Lipinski definition) is 1. The van der Waals surface area contributed by atoms with Gasteiger partial charge in [-0.25, -0.2) is 0 Å². The van der Waals surface area contributed by atoms with Crippen LogP contribution in [0.1, 0.15) is 44.0 Å². The minimum absolute atomic E-state index is 0.102. The summed E-state index contributed by atoms with van der Waals surface area (Å²) in [6.07, 6.45) is 2.54. The van der Waals surface area contributed by atoms with Gasteiger partial charge in [-0.05, 0) is 57.9 Å². The molecule has 0 aromatic heterocycles. The summed E-state index contributed by atoms with van der Waals surface area (Å²) >= 11 is 0. The van der Waals surface area contributed by atoms with Crippen LogP contribution in [0.5, 0.6) is 5.75 Å². The molecule has 0 amide bonds. The van der Waals surface area contributed by atoms with Crippen LogP contribution >= 0.6 is 0 Å². The topological polar surface area (TPSA) is 38.3 Å². The predicted octanol–water partition coefficient (Wildman–Crippen LogP) is 2.80. The minimum atomic E-state index is -0.102. The molecule has 0 saturated heterocycles. The second-order valence-electron chi connectivity index (χ2n) is 5.22. The molecule has 3 heteroatoms. The van der Waals surface area contributed by atoms with Gasteiger partial charge in [0.05, 0.1) is 12.1 Å². The van der Waals surface area contributed by atoms with Crippen molar-refractivity contribution in [2.24, 2.45) is 0 Å². The summed E-state index contributed by atoms with van der Waals surface area (Å²) in [7, 11) is 0. The zero-order valence-electron chi connectivity index (χ0n) is 11.3. The first-order valence-corrected chi connectivity index (χ1v) is 6.63. The largest absolute Gasteiger partial charge is 0.491 e. The number of hydrogen-bond acceptors (Lipinski definition) is 3. The van der Waals surface area contributed by atoms with Crippen molar-refractivity contribution >= 4 is 5.78 Å². The van der Waals surface area contributed by atoms with E-state index < -0.39 is 0 Å². The van der Waals surface area contributed by atoms with Gasteiger partial charge in [-0.1, -0.05) is 0 Å². The van der Waals surface area contributed by atoms with E-state index in [0.29, 0.717) is 6.04 Å². The molecule has 98 valence electrons. The van der Waals surface area contributed by atoms with Crippen LogP contribution in [0.4, 0.5) is 0 Å². The van der Waals surface area contributed by atoms with Crippen LogP contribution in [0.25, 0.3) is 0 Å². The lowest BCUT2D eigenvalue weighted by atomic mass is 10.1. The molecule has 1 aliphatic rings. The molecule has 1 unspecified atom stereocenters. The molecule has 0 aliphatic heterocycles. The van der Waals surface area contributed by atoms with Gasteiger partial charge in [0.2, 0.25) is 0 Å².